The van der Waals surface area contributed by atoms with Crippen LogP contribution in [0.25, 0.3) is 0 Å². The first-order valence-corrected chi connectivity index (χ1v) is 6.93. The first-order valence-electron chi connectivity index (χ1n) is 6.55. The molecule has 1 rings (SSSR count). The summed E-state index contributed by atoms with van der Waals surface area (Å²) in [7, 11) is 0. The predicted octanol–water partition coefficient (Wildman–Crippen LogP) is 4.51. The lowest BCUT2D eigenvalue weighted by Gasteiger charge is -2.18. The Bertz CT molecular complexity index is 453. The fourth-order valence-corrected chi connectivity index (χ4v) is 1.89. The zero-order valence-corrected chi connectivity index (χ0v) is 12.9. The van der Waals surface area contributed by atoms with Gasteiger partial charge in [0.05, 0.1) is 17.2 Å². The van der Waals surface area contributed by atoms with E-state index in [1.807, 2.05) is 27.7 Å². The van der Waals surface area contributed by atoms with Crippen molar-refractivity contribution in [2.45, 2.75) is 53.2 Å². The summed E-state index contributed by atoms with van der Waals surface area (Å²) in [5.41, 5.74) is 0.482. The van der Waals surface area contributed by atoms with Crippen molar-refractivity contribution < 1.29 is 14.3 Å². The average Bonchev–Trinajstić information content (AvgIpc) is 2.30. The highest BCUT2D eigenvalue weighted by molar-refractivity contribution is 6.34. The molecule has 4 heteroatoms. The number of rotatable bonds is 6. The number of ether oxygens (including phenoxy) is 2. The molecule has 0 saturated carbocycles. The van der Waals surface area contributed by atoms with Crippen molar-refractivity contribution in [2.75, 3.05) is 0 Å². The normalized spacial score (nSPS) is 10.9. The summed E-state index contributed by atoms with van der Waals surface area (Å²) >= 11 is 6.14. The van der Waals surface area contributed by atoms with Gasteiger partial charge in [0, 0.05) is 18.1 Å². The SMILES string of the molecule is CCC(=O)c1cc(OC(C)C)c(OC(C)C)cc1Cl. The Morgan fingerprint density at radius 3 is 2.00 bits per heavy atom. The van der Waals surface area contributed by atoms with Crippen LogP contribution in [0.3, 0.4) is 0 Å². The third-order valence-corrected chi connectivity index (χ3v) is 2.69. The average molecular weight is 285 g/mol. The van der Waals surface area contributed by atoms with Crippen molar-refractivity contribution in [1.82, 2.24) is 0 Å². The van der Waals surface area contributed by atoms with Gasteiger partial charge in [-0.1, -0.05) is 18.5 Å². The summed E-state index contributed by atoms with van der Waals surface area (Å²) < 4.78 is 11.4. The molecule has 0 aromatic heterocycles. The molecule has 1 aromatic rings. The first kappa shape index (κ1) is 15.8. The zero-order valence-electron chi connectivity index (χ0n) is 12.1. The van der Waals surface area contributed by atoms with Crippen molar-refractivity contribution >= 4 is 17.4 Å². The van der Waals surface area contributed by atoms with E-state index in [-0.39, 0.29) is 18.0 Å². The van der Waals surface area contributed by atoms with E-state index < -0.39 is 0 Å². The van der Waals surface area contributed by atoms with Crippen LogP contribution in [0.15, 0.2) is 12.1 Å². The Morgan fingerprint density at radius 2 is 1.58 bits per heavy atom. The Morgan fingerprint density at radius 1 is 1.11 bits per heavy atom. The number of ketones is 1. The van der Waals surface area contributed by atoms with Crippen LogP contribution in [-0.2, 0) is 0 Å². The number of halogens is 1. The molecule has 0 aliphatic heterocycles. The molecule has 0 heterocycles. The lowest BCUT2D eigenvalue weighted by atomic mass is 10.1. The molecule has 19 heavy (non-hydrogen) atoms. The molecule has 0 aliphatic carbocycles. The van der Waals surface area contributed by atoms with E-state index in [4.69, 9.17) is 21.1 Å². The van der Waals surface area contributed by atoms with E-state index in [2.05, 4.69) is 0 Å². The second-order valence-corrected chi connectivity index (χ2v) is 5.30. The monoisotopic (exact) mass is 284 g/mol. The van der Waals surface area contributed by atoms with E-state index in [0.717, 1.165) is 0 Å². The molecule has 0 radical (unpaired) electrons. The maximum absolute atomic E-state index is 11.8. The minimum Gasteiger partial charge on any atom is -0.487 e. The molecule has 3 nitrogen and oxygen atoms in total. The number of Topliss-reactive ketones (excluding diaryl/α,β-unsaturated/α-hetero) is 1. The zero-order chi connectivity index (χ0) is 14.6. The van der Waals surface area contributed by atoms with Crippen molar-refractivity contribution in [3.8, 4) is 11.5 Å². The quantitative estimate of drug-likeness (QED) is 0.721. The Hall–Kier alpha value is -1.22. The molecule has 0 bridgehead atoms. The molecular formula is C15H21ClO3. The topological polar surface area (TPSA) is 35.5 Å². The summed E-state index contributed by atoms with van der Waals surface area (Å²) in [6.07, 6.45) is 0.421. The standard InChI is InChI=1S/C15H21ClO3/c1-6-13(17)11-7-14(18-9(2)3)15(8-12(11)16)19-10(4)5/h7-10H,6H2,1-5H3. The second kappa shape index (κ2) is 6.80. The molecule has 0 atom stereocenters. The second-order valence-electron chi connectivity index (χ2n) is 4.89. The molecule has 106 valence electrons. The molecular weight excluding hydrogens is 264 g/mol. The first-order chi connectivity index (χ1) is 8.85. The van der Waals surface area contributed by atoms with Crippen LogP contribution in [0.2, 0.25) is 5.02 Å². The van der Waals surface area contributed by atoms with Gasteiger partial charge in [0.15, 0.2) is 17.3 Å². The number of hydrogen-bond donors (Lipinski definition) is 0. The minimum atomic E-state index is -0.00490. The van der Waals surface area contributed by atoms with Crippen LogP contribution in [0.5, 0.6) is 11.5 Å². The van der Waals surface area contributed by atoms with Gasteiger partial charge in [-0.15, -0.1) is 0 Å². The maximum Gasteiger partial charge on any atom is 0.164 e. The van der Waals surface area contributed by atoms with Crippen LogP contribution in [0, 0.1) is 0 Å². The van der Waals surface area contributed by atoms with Gasteiger partial charge in [-0.3, -0.25) is 4.79 Å². The number of benzene rings is 1. The molecule has 0 aliphatic rings. The summed E-state index contributed by atoms with van der Waals surface area (Å²) in [5, 5.41) is 0.401. The molecule has 0 N–H and O–H groups in total. The van der Waals surface area contributed by atoms with Gasteiger partial charge in [0.1, 0.15) is 0 Å². The van der Waals surface area contributed by atoms with Crippen molar-refractivity contribution in [1.29, 1.82) is 0 Å². The lowest BCUT2D eigenvalue weighted by molar-refractivity contribution is 0.0987. The van der Waals surface area contributed by atoms with Gasteiger partial charge in [-0.25, -0.2) is 0 Å². The third-order valence-electron chi connectivity index (χ3n) is 2.38. The van der Waals surface area contributed by atoms with E-state index in [1.165, 1.54) is 0 Å². The molecule has 0 saturated heterocycles. The van der Waals surface area contributed by atoms with E-state index in [9.17, 15) is 4.79 Å². The number of hydrogen-bond acceptors (Lipinski definition) is 3. The molecule has 0 amide bonds. The minimum absolute atomic E-state index is 0.000247. The largest absolute Gasteiger partial charge is 0.487 e. The van der Waals surface area contributed by atoms with Gasteiger partial charge in [0.25, 0.3) is 0 Å². The maximum atomic E-state index is 11.8. The highest BCUT2D eigenvalue weighted by atomic mass is 35.5. The predicted molar refractivity (Wildman–Crippen MR) is 77.6 cm³/mol. The summed E-state index contributed by atoms with van der Waals surface area (Å²) in [4.78, 5) is 11.8. The molecule has 1 aromatic carbocycles. The van der Waals surface area contributed by atoms with Crippen LogP contribution in [0.1, 0.15) is 51.4 Å². The van der Waals surface area contributed by atoms with Crippen molar-refractivity contribution in [3.63, 3.8) is 0 Å². The number of carbonyl (C=O) groups is 1. The van der Waals surface area contributed by atoms with E-state index in [1.54, 1.807) is 19.1 Å². The molecule has 0 unspecified atom stereocenters. The smallest absolute Gasteiger partial charge is 0.164 e. The summed E-state index contributed by atoms with van der Waals surface area (Å²) in [6, 6.07) is 3.33. The molecule has 0 fully saturated rings. The van der Waals surface area contributed by atoms with E-state index >= 15 is 0 Å². The molecule has 0 spiro atoms. The Balaban J connectivity index is 3.23. The van der Waals surface area contributed by atoms with Gasteiger partial charge in [-0.2, -0.15) is 0 Å². The highest BCUT2D eigenvalue weighted by Crippen LogP contribution is 2.35. The fourth-order valence-electron chi connectivity index (χ4n) is 1.63. The number of carbonyl (C=O) groups excluding carboxylic acids is 1. The van der Waals surface area contributed by atoms with Gasteiger partial charge in [-0.05, 0) is 33.8 Å². The summed E-state index contributed by atoms with van der Waals surface area (Å²) in [5.74, 6) is 1.13. The lowest BCUT2D eigenvalue weighted by Crippen LogP contribution is -2.12. The van der Waals surface area contributed by atoms with Gasteiger partial charge >= 0.3 is 0 Å². The highest BCUT2D eigenvalue weighted by Gasteiger charge is 2.17. The Kier molecular flexibility index (Phi) is 5.67. The van der Waals surface area contributed by atoms with Crippen LogP contribution in [-0.4, -0.2) is 18.0 Å². The van der Waals surface area contributed by atoms with Crippen LogP contribution < -0.4 is 9.47 Å². The third kappa shape index (κ3) is 4.43. The van der Waals surface area contributed by atoms with Crippen LogP contribution in [0.4, 0.5) is 0 Å². The van der Waals surface area contributed by atoms with Crippen LogP contribution >= 0.6 is 11.6 Å². The Labute approximate surface area is 119 Å². The van der Waals surface area contributed by atoms with Crippen molar-refractivity contribution in [2.24, 2.45) is 0 Å². The van der Waals surface area contributed by atoms with Crippen molar-refractivity contribution in [3.05, 3.63) is 22.7 Å². The van der Waals surface area contributed by atoms with Gasteiger partial charge < -0.3 is 9.47 Å². The van der Waals surface area contributed by atoms with E-state index in [0.29, 0.717) is 28.5 Å². The summed E-state index contributed by atoms with van der Waals surface area (Å²) in [6.45, 7) is 9.51. The van der Waals surface area contributed by atoms with Gasteiger partial charge in [0.2, 0.25) is 0 Å². The fraction of sp³-hybridized carbons (Fsp3) is 0.533.